The Morgan fingerprint density at radius 2 is 2.00 bits per heavy atom. The Hall–Kier alpha value is -1.10. The largest absolute Gasteiger partial charge is 0.490 e. The third kappa shape index (κ3) is 2.29. The minimum absolute atomic E-state index is 0.227. The van der Waals surface area contributed by atoms with Crippen LogP contribution in [0.4, 0.5) is 0 Å². The van der Waals surface area contributed by atoms with Gasteiger partial charge >= 0.3 is 0 Å². The molecule has 92 valence electrons. The Labute approximate surface area is 99.8 Å². The van der Waals surface area contributed by atoms with Crippen molar-refractivity contribution in [3.05, 3.63) is 29.3 Å². The second-order valence-electron chi connectivity index (χ2n) is 4.70. The second kappa shape index (κ2) is 4.29. The van der Waals surface area contributed by atoms with Gasteiger partial charge in [0.15, 0.2) is 0 Å². The lowest BCUT2D eigenvalue weighted by Crippen LogP contribution is -2.34. The summed E-state index contributed by atoms with van der Waals surface area (Å²) in [6, 6.07) is 5.81. The number of aliphatic hydroxyl groups is 2. The van der Waals surface area contributed by atoms with Gasteiger partial charge in [-0.15, -0.1) is 0 Å². The van der Waals surface area contributed by atoms with Gasteiger partial charge in [0.1, 0.15) is 18.5 Å². The van der Waals surface area contributed by atoms with Crippen LogP contribution in [0.25, 0.3) is 0 Å². The van der Waals surface area contributed by atoms with Crippen molar-refractivity contribution in [1.29, 1.82) is 0 Å². The molecule has 0 saturated carbocycles. The minimum atomic E-state index is -0.690. The average molecular weight is 236 g/mol. The van der Waals surface area contributed by atoms with E-state index in [-0.39, 0.29) is 6.10 Å². The molecule has 0 amide bonds. The van der Waals surface area contributed by atoms with Crippen LogP contribution in [0.1, 0.15) is 11.1 Å². The van der Waals surface area contributed by atoms with E-state index < -0.39 is 12.2 Å². The van der Waals surface area contributed by atoms with Gasteiger partial charge < -0.3 is 19.7 Å². The van der Waals surface area contributed by atoms with Crippen molar-refractivity contribution < 1.29 is 19.7 Å². The van der Waals surface area contributed by atoms with E-state index in [1.807, 2.05) is 18.2 Å². The first-order valence-electron chi connectivity index (χ1n) is 5.95. The standard InChI is InChI=1S/C13H16O4/c14-11-4-8-2-1-3-13(10(8)5-12(11)15)17-7-9-6-16-9/h1-3,9,11-12,14-15H,4-7H2/t9-,11+,12-/m1/s1. The smallest absolute Gasteiger partial charge is 0.123 e. The molecule has 1 aromatic rings. The summed E-state index contributed by atoms with van der Waals surface area (Å²) in [5, 5.41) is 19.3. The Morgan fingerprint density at radius 1 is 1.24 bits per heavy atom. The van der Waals surface area contributed by atoms with Crippen LogP contribution in [0.15, 0.2) is 18.2 Å². The second-order valence-corrected chi connectivity index (χ2v) is 4.70. The summed E-state index contributed by atoms with van der Waals surface area (Å²) < 4.78 is 10.8. The SMILES string of the molecule is O[C@@H]1Cc2c(cccc2OC[C@H]2CO2)C[C@@H]1O. The first kappa shape index (κ1) is 11.0. The fourth-order valence-electron chi connectivity index (χ4n) is 2.22. The molecule has 0 spiro atoms. The first-order valence-corrected chi connectivity index (χ1v) is 5.95. The van der Waals surface area contributed by atoms with Crippen molar-refractivity contribution in [2.75, 3.05) is 13.2 Å². The van der Waals surface area contributed by atoms with E-state index in [1.54, 1.807) is 0 Å². The van der Waals surface area contributed by atoms with Gasteiger partial charge in [-0.1, -0.05) is 12.1 Å². The van der Waals surface area contributed by atoms with Gasteiger partial charge in [0.05, 0.1) is 18.8 Å². The highest BCUT2D eigenvalue weighted by Crippen LogP contribution is 2.30. The lowest BCUT2D eigenvalue weighted by Gasteiger charge is -2.27. The maximum absolute atomic E-state index is 9.71. The molecule has 17 heavy (non-hydrogen) atoms. The zero-order valence-electron chi connectivity index (χ0n) is 9.50. The molecule has 4 heteroatoms. The van der Waals surface area contributed by atoms with E-state index in [0.717, 1.165) is 23.5 Å². The quantitative estimate of drug-likeness (QED) is 0.740. The average Bonchev–Trinajstić information content (AvgIpc) is 3.12. The van der Waals surface area contributed by atoms with Gasteiger partial charge in [0, 0.05) is 18.4 Å². The molecule has 2 aliphatic rings. The normalized spacial score (nSPS) is 30.8. The van der Waals surface area contributed by atoms with Gasteiger partial charge in [0.2, 0.25) is 0 Å². The predicted octanol–water partition coefficient (Wildman–Crippen LogP) is 0.285. The third-order valence-corrected chi connectivity index (χ3v) is 3.34. The number of rotatable bonds is 3. The van der Waals surface area contributed by atoms with Crippen LogP contribution >= 0.6 is 0 Å². The molecule has 1 aliphatic heterocycles. The highest BCUT2D eigenvalue weighted by molar-refractivity contribution is 5.43. The van der Waals surface area contributed by atoms with Crippen LogP contribution in [0.2, 0.25) is 0 Å². The van der Waals surface area contributed by atoms with Gasteiger partial charge in [-0.25, -0.2) is 0 Å². The number of hydrogen-bond donors (Lipinski definition) is 2. The molecule has 0 radical (unpaired) electrons. The zero-order valence-corrected chi connectivity index (χ0v) is 9.50. The maximum atomic E-state index is 9.71. The van der Waals surface area contributed by atoms with Crippen LogP contribution in [0.5, 0.6) is 5.75 Å². The zero-order chi connectivity index (χ0) is 11.8. The molecule has 0 unspecified atom stereocenters. The van der Waals surface area contributed by atoms with Gasteiger partial charge in [0.25, 0.3) is 0 Å². The first-order chi connectivity index (χ1) is 8.24. The summed E-state index contributed by atoms with van der Waals surface area (Å²) in [5.41, 5.74) is 2.09. The number of benzene rings is 1. The molecular weight excluding hydrogens is 220 g/mol. The summed E-state index contributed by atoms with van der Waals surface area (Å²) in [6.07, 6.45) is -0.176. The van der Waals surface area contributed by atoms with E-state index in [9.17, 15) is 10.2 Å². The van der Waals surface area contributed by atoms with E-state index >= 15 is 0 Å². The molecule has 0 aromatic heterocycles. The molecule has 0 bridgehead atoms. The Kier molecular flexibility index (Phi) is 2.78. The Balaban J connectivity index is 1.81. The fraction of sp³-hybridized carbons (Fsp3) is 0.538. The highest BCUT2D eigenvalue weighted by Gasteiger charge is 2.28. The molecule has 3 rings (SSSR count). The number of epoxide rings is 1. The predicted molar refractivity (Wildman–Crippen MR) is 61.1 cm³/mol. The van der Waals surface area contributed by atoms with Crippen molar-refractivity contribution in [2.45, 2.75) is 31.2 Å². The van der Waals surface area contributed by atoms with E-state index in [0.29, 0.717) is 19.4 Å². The number of ether oxygens (including phenoxy) is 2. The van der Waals surface area contributed by atoms with Crippen molar-refractivity contribution in [3.63, 3.8) is 0 Å². The molecule has 1 fully saturated rings. The maximum Gasteiger partial charge on any atom is 0.123 e. The summed E-state index contributed by atoms with van der Waals surface area (Å²) in [7, 11) is 0. The molecule has 2 N–H and O–H groups in total. The lowest BCUT2D eigenvalue weighted by molar-refractivity contribution is 0.0135. The topological polar surface area (TPSA) is 62.2 Å². The summed E-state index contributed by atoms with van der Waals surface area (Å²) in [5.74, 6) is 0.809. The molecule has 4 nitrogen and oxygen atoms in total. The number of fused-ring (bicyclic) bond motifs is 1. The van der Waals surface area contributed by atoms with E-state index in [2.05, 4.69) is 0 Å². The van der Waals surface area contributed by atoms with Crippen LogP contribution in [0.3, 0.4) is 0 Å². The summed E-state index contributed by atoms with van der Waals surface area (Å²) >= 11 is 0. The van der Waals surface area contributed by atoms with Crippen LogP contribution < -0.4 is 4.74 Å². The number of hydrogen-bond acceptors (Lipinski definition) is 4. The third-order valence-electron chi connectivity index (χ3n) is 3.34. The van der Waals surface area contributed by atoms with Gasteiger partial charge in [-0.2, -0.15) is 0 Å². The van der Waals surface area contributed by atoms with Crippen molar-refractivity contribution in [1.82, 2.24) is 0 Å². The lowest BCUT2D eigenvalue weighted by atomic mass is 9.87. The van der Waals surface area contributed by atoms with Crippen LogP contribution in [-0.2, 0) is 17.6 Å². The summed E-state index contributed by atoms with van der Waals surface area (Å²) in [4.78, 5) is 0. The van der Waals surface area contributed by atoms with E-state index in [4.69, 9.17) is 9.47 Å². The monoisotopic (exact) mass is 236 g/mol. The van der Waals surface area contributed by atoms with E-state index in [1.165, 1.54) is 0 Å². The highest BCUT2D eigenvalue weighted by atomic mass is 16.6. The molecular formula is C13H16O4. The Bertz CT molecular complexity index is 414. The van der Waals surface area contributed by atoms with Crippen molar-refractivity contribution in [3.8, 4) is 5.75 Å². The Morgan fingerprint density at radius 3 is 2.76 bits per heavy atom. The van der Waals surface area contributed by atoms with Gasteiger partial charge in [-0.05, 0) is 11.6 Å². The van der Waals surface area contributed by atoms with Crippen LogP contribution in [-0.4, -0.2) is 41.7 Å². The van der Waals surface area contributed by atoms with Crippen LogP contribution in [0, 0.1) is 0 Å². The summed E-state index contributed by atoms with van der Waals surface area (Å²) in [6.45, 7) is 1.34. The van der Waals surface area contributed by atoms with Crippen molar-refractivity contribution >= 4 is 0 Å². The van der Waals surface area contributed by atoms with Crippen molar-refractivity contribution in [2.24, 2.45) is 0 Å². The van der Waals surface area contributed by atoms with Gasteiger partial charge in [-0.3, -0.25) is 0 Å². The molecule has 1 aromatic carbocycles. The minimum Gasteiger partial charge on any atom is -0.490 e. The number of aliphatic hydroxyl groups excluding tert-OH is 2. The molecule has 3 atom stereocenters. The molecule has 1 aliphatic carbocycles. The molecule has 1 saturated heterocycles. The molecule has 1 heterocycles. The fourth-order valence-corrected chi connectivity index (χ4v) is 2.22.